The minimum Gasteiger partial charge on any atom is -0.465 e. The van der Waals surface area contributed by atoms with Crippen LogP contribution in [0, 0.1) is 23.0 Å². The maximum atomic E-state index is 15.7. The maximum Gasteiger partial charge on any atom is 0.407 e. The van der Waals surface area contributed by atoms with E-state index in [0.717, 1.165) is 5.39 Å². The second-order valence-corrected chi connectivity index (χ2v) is 7.99. The SMILES string of the molecule is N#CC[C@H]1CN(c2ncnc3c(F)c(-c4cccc5ccc(F)cc45)ncc23)CCN1C(=O)O. The van der Waals surface area contributed by atoms with Crippen molar-refractivity contribution in [2.75, 3.05) is 24.5 Å². The van der Waals surface area contributed by atoms with Gasteiger partial charge in [0.25, 0.3) is 0 Å². The predicted octanol–water partition coefficient (Wildman–Crippen LogP) is 4.21. The highest BCUT2D eigenvalue weighted by Gasteiger charge is 2.32. The summed E-state index contributed by atoms with van der Waals surface area (Å²) >= 11 is 0. The van der Waals surface area contributed by atoms with E-state index in [0.29, 0.717) is 28.7 Å². The first kappa shape index (κ1) is 21.5. The molecule has 1 fully saturated rings. The summed E-state index contributed by atoms with van der Waals surface area (Å²) in [6.07, 6.45) is 1.66. The molecule has 1 N–H and O–H groups in total. The van der Waals surface area contributed by atoms with Gasteiger partial charge in [0.1, 0.15) is 29.2 Å². The number of hydrogen-bond acceptors (Lipinski definition) is 6. The molecule has 0 aliphatic carbocycles. The highest BCUT2D eigenvalue weighted by atomic mass is 19.1. The lowest BCUT2D eigenvalue weighted by molar-refractivity contribution is 0.119. The van der Waals surface area contributed by atoms with Crippen LogP contribution in [0.25, 0.3) is 32.9 Å². The van der Waals surface area contributed by atoms with Crippen molar-refractivity contribution in [1.29, 1.82) is 5.26 Å². The van der Waals surface area contributed by atoms with E-state index in [1.807, 2.05) is 17.0 Å². The molecular weight excluding hydrogens is 442 g/mol. The summed E-state index contributed by atoms with van der Waals surface area (Å²) < 4.78 is 29.6. The second kappa shape index (κ2) is 8.51. The Balaban J connectivity index is 1.59. The highest BCUT2D eigenvalue weighted by Crippen LogP contribution is 2.34. The molecule has 0 saturated carbocycles. The van der Waals surface area contributed by atoms with Crippen LogP contribution in [0.5, 0.6) is 0 Å². The minimum atomic E-state index is -1.09. The third-order valence-electron chi connectivity index (χ3n) is 6.06. The van der Waals surface area contributed by atoms with Gasteiger partial charge in [0.15, 0.2) is 5.82 Å². The Morgan fingerprint density at radius 3 is 2.79 bits per heavy atom. The lowest BCUT2D eigenvalue weighted by Crippen LogP contribution is -2.55. The maximum absolute atomic E-state index is 15.7. The van der Waals surface area contributed by atoms with Crippen LogP contribution in [0.1, 0.15) is 6.42 Å². The number of aromatic nitrogens is 3. The van der Waals surface area contributed by atoms with Gasteiger partial charge in [0.05, 0.1) is 23.9 Å². The number of nitrogens with zero attached hydrogens (tertiary/aromatic N) is 6. The quantitative estimate of drug-likeness (QED) is 0.488. The van der Waals surface area contributed by atoms with Gasteiger partial charge in [-0.25, -0.2) is 23.5 Å². The van der Waals surface area contributed by atoms with Crippen LogP contribution in [0.15, 0.2) is 48.9 Å². The topological polar surface area (TPSA) is 106 Å². The highest BCUT2D eigenvalue weighted by molar-refractivity contribution is 5.98. The molecule has 34 heavy (non-hydrogen) atoms. The van der Waals surface area contributed by atoms with Crippen LogP contribution in [-0.4, -0.2) is 56.7 Å². The van der Waals surface area contributed by atoms with E-state index < -0.39 is 23.8 Å². The Morgan fingerprint density at radius 1 is 1.15 bits per heavy atom. The normalized spacial score (nSPS) is 16.1. The van der Waals surface area contributed by atoms with E-state index >= 15 is 4.39 Å². The van der Waals surface area contributed by atoms with E-state index in [1.165, 1.54) is 29.6 Å². The standard InChI is InChI=1S/C24H18F2N6O2/c25-15-5-4-14-2-1-3-17(18(14)10-15)21-20(26)22-19(11-28-21)23(30-13-29-22)31-8-9-32(24(33)34)16(12-31)6-7-27/h1-5,10-11,13,16H,6,8-9,12H2,(H,33,34)/t16-/m0/s1. The number of anilines is 1. The summed E-state index contributed by atoms with van der Waals surface area (Å²) in [5, 5.41) is 20.2. The summed E-state index contributed by atoms with van der Waals surface area (Å²) in [6, 6.07) is 11.0. The number of amides is 1. The third-order valence-corrected chi connectivity index (χ3v) is 6.06. The number of carboxylic acid groups (broad SMARTS) is 1. The number of benzene rings is 2. The minimum absolute atomic E-state index is 0.0280. The lowest BCUT2D eigenvalue weighted by atomic mass is 10.0. The molecule has 1 aliphatic heterocycles. The van der Waals surface area contributed by atoms with Crippen molar-refractivity contribution in [3.05, 3.63) is 60.6 Å². The number of pyridine rings is 1. The van der Waals surface area contributed by atoms with Crippen LogP contribution in [0.2, 0.25) is 0 Å². The van der Waals surface area contributed by atoms with E-state index in [4.69, 9.17) is 5.26 Å². The Morgan fingerprint density at radius 2 is 2.00 bits per heavy atom. The van der Waals surface area contributed by atoms with Gasteiger partial charge in [-0.15, -0.1) is 0 Å². The molecule has 1 amide bonds. The van der Waals surface area contributed by atoms with Crippen LogP contribution in [-0.2, 0) is 0 Å². The number of carbonyl (C=O) groups is 1. The molecule has 0 radical (unpaired) electrons. The fourth-order valence-corrected chi connectivity index (χ4v) is 4.45. The zero-order valence-electron chi connectivity index (χ0n) is 17.8. The van der Waals surface area contributed by atoms with Crippen LogP contribution in [0.3, 0.4) is 0 Å². The Labute approximate surface area is 192 Å². The van der Waals surface area contributed by atoms with Crippen molar-refractivity contribution >= 4 is 33.6 Å². The average molecular weight is 460 g/mol. The van der Waals surface area contributed by atoms with Gasteiger partial charge in [0.2, 0.25) is 0 Å². The van der Waals surface area contributed by atoms with Crippen molar-refractivity contribution in [2.45, 2.75) is 12.5 Å². The monoisotopic (exact) mass is 460 g/mol. The van der Waals surface area contributed by atoms with Gasteiger partial charge in [-0.1, -0.05) is 24.3 Å². The van der Waals surface area contributed by atoms with Crippen LogP contribution >= 0.6 is 0 Å². The molecule has 0 unspecified atom stereocenters. The first-order chi connectivity index (χ1) is 16.5. The number of halogens is 2. The molecule has 1 aliphatic rings. The molecule has 10 heteroatoms. The van der Waals surface area contributed by atoms with E-state index in [2.05, 4.69) is 15.0 Å². The number of hydrogen-bond donors (Lipinski definition) is 1. The van der Waals surface area contributed by atoms with E-state index in [-0.39, 0.29) is 30.7 Å². The number of fused-ring (bicyclic) bond motifs is 2. The van der Waals surface area contributed by atoms with Gasteiger partial charge >= 0.3 is 6.09 Å². The van der Waals surface area contributed by atoms with Crippen LogP contribution < -0.4 is 4.90 Å². The van der Waals surface area contributed by atoms with E-state index in [1.54, 1.807) is 18.2 Å². The fourth-order valence-electron chi connectivity index (χ4n) is 4.45. The first-order valence-corrected chi connectivity index (χ1v) is 10.6. The molecule has 2 aromatic carbocycles. The molecule has 8 nitrogen and oxygen atoms in total. The Bertz CT molecular complexity index is 1470. The molecule has 5 rings (SSSR count). The van der Waals surface area contributed by atoms with Gasteiger partial charge in [-0.05, 0) is 22.9 Å². The third kappa shape index (κ3) is 3.61. The number of nitriles is 1. The second-order valence-electron chi connectivity index (χ2n) is 7.99. The zero-order valence-corrected chi connectivity index (χ0v) is 17.8. The number of rotatable bonds is 3. The lowest BCUT2D eigenvalue weighted by Gasteiger charge is -2.39. The summed E-state index contributed by atoms with van der Waals surface area (Å²) in [7, 11) is 0. The zero-order chi connectivity index (χ0) is 23.8. The molecular formula is C24H18F2N6O2. The summed E-state index contributed by atoms with van der Waals surface area (Å²) in [5.74, 6) is -0.672. The van der Waals surface area contributed by atoms with Gasteiger partial charge < -0.3 is 14.9 Å². The summed E-state index contributed by atoms with van der Waals surface area (Å²) in [4.78, 5) is 27.4. The largest absolute Gasteiger partial charge is 0.465 e. The predicted molar refractivity (Wildman–Crippen MR) is 121 cm³/mol. The van der Waals surface area contributed by atoms with Gasteiger partial charge in [0, 0.05) is 31.4 Å². The fraction of sp³-hybridized carbons (Fsp3) is 0.208. The number of piperazine rings is 1. The Hall–Kier alpha value is -4.39. The molecule has 1 saturated heterocycles. The average Bonchev–Trinajstić information content (AvgIpc) is 2.84. The van der Waals surface area contributed by atoms with Gasteiger partial charge in [-0.2, -0.15) is 5.26 Å². The van der Waals surface area contributed by atoms with Crippen molar-refractivity contribution in [2.24, 2.45) is 0 Å². The summed E-state index contributed by atoms with van der Waals surface area (Å²) in [6.45, 7) is 0.743. The van der Waals surface area contributed by atoms with Crippen molar-refractivity contribution < 1.29 is 18.7 Å². The molecule has 170 valence electrons. The van der Waals surface area contributed by atoms with Gasteiger partial charge in [-0.3, -0.25) is 4.98 Å². The van der Waals surface area contributed by atoms with E-state index in [9.17, 15) is 14.3 Å². The van der Waals surface area contributed by atoms with Crippen molar-refractivity contribution in [3.8, 4) is 17.3 Å². The molecule has 2 aromatic heterocycles. The summed E-state index contributed by atoms with van der Waals surface area (Å²) in [5.41, 5.74) is 0.549. The molecule has 3 heterocycles. The molecule has 0 bridgehead atoms. The first-order valence-electron chi connectivity index (χ1n) is 10.6. The van der Waals surface area contributed by atoms with Crippen molar-refractivity contribution in [3.63, 3.8) is 0 Å². The van der Waals surface area contributed by atoms with Crippen molar-refractivity contribution in [1.82, 2.24) is 19.9 Å². The van der Waals surface area contributed by atoms with Crippen LogP contribution in [0.4, 0.5) is 19.4 Å². The Kier molecular flexibility index (Phi) is 5.37. The molecule has 4 aromatic rings. The molecule has 1 atom stereocenters. The smallest absolute Gasteiger partial charge is 0.407 e. The molecule has 0 spiro atoms.